The fourth-order valence-electron chi connectivity index (χ4n) is 2.02. The molecule has 0 saturated heterocycles. The van der Waals surface area contributed by atoms with Crippen LogP contribution in [0.3, 0.4) is 0 Å². The third-order valence-electron chi connectivity index (χ3n) is 4.03. The van der Waals surface area contributed by atoms with Gasteiger partial charge in [-0.25, -0.2) is 0 Å². The SMILES string of the molecule is C=C[Si](OC)(OC)C(F)(F)C(F)(F)C(F)(F)C(F)(F)C(F)(F)C(F)(F)C(F)(F)C(F)(F)F. The van der Waals surface area contributed by atoms with Crippen molar-refractivity contribution in [3.63, 3.8) is 0 Å². The smallest absolute Gasteiger partial charge is 0.391 e. The van der Waals surface area contributed by atoms with Gasteiger partial charge in [-0.2, -0.15) is 74.6 Å². The molecule has 0 heterocycles. The van der Waals surface area contributed by atoms with E-state index >= 15 is 0 Å². The van der Waals surface area contributed by atoms with E-state index in [1.807, 2.05) is 0 Å². The second-order valence-electron chi connectivity index (χ2n) is 5.80. The van der Waals surface area contributed by atoms with Gasteiger partial charge in [-0.15, -0.1) is 6.58 Å². The summed E-state index contributed by atoms with van der Waals surface area (Å²) in [6.07, 6.45) is -7.80. The summed E-state index contributed by atoms with van der Waals surface area (Å²) in [5.41, 5.74) is -7.21. The number of alkyl halides is 17. The first kappa shape index (κ1) is 30.7. The highest BCUT2D eigenvalue weighted by atomic mass is 28.4. The van der Waals surface area contributed by atoms with Gasteiger partial charge in [0.1, 0.15) is 0 Å². The first-order chi connectivity index (χ1) is 13.7. The van der Waals surface area contributed by atoms with Gasteiger partial charge in [-0.05, 0) is 5.70 Å². The second kappa shape index (κ2) is 7.88. The standard InChI is InChI=1S/C12H9F17O2Si/c1-4-32(30-2,31-3)12(28,29)10(23,24)8(19,20)6(15,16)5(13,14)7(17,18)9(21,22)11(25,26)27/h4H,1H2,2-3H3. The molecule has 0 aliphatic heterocycles. The maximum atomic E-state index is 14.1. The van der Waals surface area contributed by atoms with Crippen molar-refractivity contribution in [3.05, 3.63) is 12.3 Å². The van der Waals surface area contributed by atoms with E-state index in [1.54, 1.807) is 0 Å². The van der Waals surface area contributed by atoms with E-state index in [0.29, 0.717) is 0 Å². The molecule has 0 aromatic carbocycles. The Morgan fingerprint density at radius 3 is 0.969 bits per heavy atom. The fourth-order valence-corrected chi connectivity index (χ4v) is 3.88. The van der Waals surface area contributed by atoms with Gasteiger partial charge in [0.05, 0.1) is 0 Å². The Hall–Kier alpha value is -1.31. The number of hydrogen-bond acceptors (Lipinski definition) is 2. The zero-order valence-electron chi connectivity index (χ0n) is 15.0. The van der Waals surface area contributed by atoms with Crippen LogP contribution < -0.4 is 0 Å². The van der Waals surface area contributed by atoms with Crippen molar-refractivity contribution in [2.75, 3.05) is 14.2 Å². The van der Waals surface area contributed by atoms with Crippen LogP contribution in [0, 0.1) is 0 Å². The largest absolute Gasteiger partial charge is 0.460 e. The van der Waals surface area contributed by atoms with E-state index in [-0.39, 0.29) is 14.2 Å². The Labute approximate surface area is 167 Å². The third kappa shape index (κ3) is 3.46. The van der Waals surface area contributed by atoms with Crippen LogP contribution in [0.5, 0.6) is 0 Å². The molecule has 0 spiro atoms. The van der Waals surface area contributed by atoms with Crippen molar-refractivity contribution in [1.29, 1.82) is 0 Å². The molecule has 0 rings (SSSR count). The Kier molecular flexibility index (Phi) is 7.55. The third-order valence-corrected chi connectivity index (χ3v) is 6.97. The molecule has 0 unspecified atom stereocenters. The molecule has 0 N–H and O–H groups in total. The lowest BCUT2D eigenvalue weighted by Gasteiger charge is -2.44. The summed E-state index contributed by atoms with van der Waals surface area (Å²) in [6.45, 7) is 2.42. The summed E-state index contributed by atoms with van der Waals surface area (Å²) in [6, 6.07) is 0. The lowest BCUT2D eigenvalue weighted by atomic mass is 9.91. The quantitative estimate of drug-likeness (QED) is 0.252. The van der Waals surface area contributed by atoms with Crippen LogP contribution in [0.25, 0.3) is 0 Å². The normalized spacial score (nSPS) is 16.3. The summed E-state index contributed by atoms with van der Waals surface area (Å²) in [4.78, 5) is 0. The molecule has 0 aromatic heterocycles. The predicted octanol–water partition coefficient (Wildman–Crippen LogP) is 6.00. The Balaban J connectivity index is 7.02. The van der Waals surface area contributed by atoms with E-state index in [0.717, 1.165) is 0 Å². The van der Waals surface area contributed by atoms with Crippen LogP contribution in [0.4, 0.5) is 74.6 Å². The lowest BCUT2D eigenvalue weighted by Crippen LogP contribution is -2.77. The summed E-state index contributed by atoms with van der Waals surface area (Å²) in [7, 11) is -6.24. The molecule has 0 radical (unpaired) electrons. The Bertz CT molecular complexity index is 694. The molecule has 192 valence electrons. The minimum Gasteiger partial charge on any atom is -0.391 e. The van der Waals surface area contributed by atoms with Crippen molar-refractivity contribution in [3.8, 4) is 0 Å². The maximum absolute atomic E-state index is 14.1. The highest BCUT2D eigenvalue weighted by Crippen LogP contribution is 2.64. The highest BCUT2D eigenvalue weighted by molar-refractivity contribution is 6.75. The molecule has 2 nitrogen and oxygen atoms in total. The van der Waals surface area contributed by atoms with Crippen LogP contribution in [0.2, 0.25) is 0 Å². The van der Waals surface area contributed by atoms with Gasteiger partial charge in [0, 0.05) is 14.2 Å². The molecule has 0 saturated carbocycles. The fraction of sp³-hybridized carbons (Fsp3) is 0.833. The molecule has 0 aliphatic rings. The number of hydrogen-bond donors (Lipinski definition) is 0. The second-order valence-corrected chi connectivity index (χ2v) is 8.99. The van der Waals surface area contributed by atoms with E-state index in [4.69, 9.17) is 0 Å². The number of halogens is 17. The predicted molar refractivity (Wildman–Crippen MR) is 70.7 cm³/mol. The van der Waals surface area contributed by atoms with Crippen molar-refractivity contribution in [2.24, 2.45) is 0 Å². The maximum Gasteiger partial charge on any atom is 0.460 e. The van der Waals surface area contributed by atoms with Gasteiger partial charge in [0.15, 0.2) is 0 Å². The molecule has 0 aromatic rings. The summed E-state index contributed by atoms with van der Waals surface area (Å²) >= 11 is 0. The van der Waals surface area contributed by atoms with Crippen LogP contribution in [0.15, 0.2) is 12.3 Å². The zero-order chi connectivity index (χ0) is 26.6. The average Bonchev–Trinajstić information content (AvgIpc) is 2.61. The van der Waals surface area contributed by atoms with Crippen LogP contribution >= 0.6 is 0 Å². The molecular weight excluding hydrogens is 527 g/mol. The topological polar surface area (TPSA) is 18.5 Å². The first-order valence-corrected chi connectivity index (χ1v) is 9.03. The molecule has 0 fully saturated rings. The van der Waals surface area contributed by atoms with Gasteiger partial charge in [0.25, 0.3) is 0 Å². The van der Waals surface area contributed by atoms with E-state index in [1.165, 1.54) is 0 Å². The van der Waals surface area contributed by atoms with E-state index in [2.05, 4.69) is 15.4 Å². The summed E-state index contributed by atoms with van der Waals surface area (Å²) in [5, 5.41) is 0. The zero-order valence-corrected chi connectivity index (χ0v) is 16.0. The van der Waals surface area contributed by atoms with Crippen LogP contribution in [-0.4, -0.2) is 70.0 Å². The Morgan fingerprint density at radius 1 is 0.500 bits per heavy atom. The summed E-state index contributed by atoms with van der Waals surface area (Å²) in [5.74, 6) is -50.3. The minimum atomic E-state index is -8.68. The molecule has 0 amide bonds. The van der Waals surface area contributed by atoms with Crippen molar-refractivity contribution in [2.45, 2.75) is 47.3 Å². The highest BCUT2D eigenvalue weighted by Gasteiger charge is 2.96. The number of rotatable bonds is 10. The van der Waals surface area contributed by atoms with Crippen LogP contribution in [0.1, 0.15) is 0 Å². The molecule has 0 atom stereocenters. The van der Waals surface area contributed by atoms with Gasteiger partial charge in [-0.1, -0.05) is 0 Å². The van der Waals surface area contributed by atoms with Gasteiger partial charge >= 0.3 is 55.8 Å². The first-order valence-electron chi connectivity index (χ1n) is 7.13. The Morgan fingerprint density at radius 2 is 0.750 bits per heavy atom. The van der Waals surface area contributed by atoms with E-state index < -0.39 is 61.5 Å². The molecule has 20 heteroatoms. The molecular formula is C12H9F17O2Si. The molecule has 32 heavy (non-hydrogen) atoms. The minimum absolute atomic E-state index is 0.0459. The summed E-state index contributed by atoms with van der Waals surface area (Å²) < 4.78 is 232. The molecule has 0 aliphatic carbocycles. The lowest BCUT2D eigenvalue weighted by molar-refractivity contribution is -0.459. The van der Waals surface area contributed by atoms with Gasteiger partial charge < -0.3 is 8.85 Å². The van der Waals surface area contributed by atoms with Crippen molar-refractivity contribution in [1.82, 2.24) is 0 Å². The van der Waals surface area contributed by atoms with Gasteiger partial charge in [-0.3, -0.25) is 0 Å². The van der Waals surface area contributed by atoms with Crippen molar-refractivity contribution >= 4 is 8.56 Å². The molecule has 0 bridgehead atoms. The average molecular weight is 536 g/mol. The van der Waals surface area contributed by atoms with E-state index in [9.17, 15) is 74.6 Å². The monoisotopic (exact) mass is 536 g/mol. The van der Waals surface area contributed by atoms with Crippen molar-refractivity contribution < 1.29 is 83.5 Å². The van der Waals surface area contributed by atoms with Crippen LogP contribution in [-0.2, 0) is 8.85 Å². The van der Waals surface area contributed by atoms with Gasteiger partial charge in [0.2, 0.25) is 0 Å².